The molecule has 0 bridgehead atoms. The molecule has 0 aliphatic heterocycles. The van der Waals surface area contributed by atoms with Crippen LogP contribution in [0.15, 0.2) is 42.7 Å². The summed E-state index contributed by atoms with van der Waals surface area (Å²) in [6.07, 6.45) is 4.74. The molecular formula is C30H30ClFN8. The van der Waals surface area contributed by atoms with Crippen LogP contribution in [0, 0.1) is 35.0 Å². The molecule has 2 N–H and O–H groups in total. The number of nitrogens with zero attached hydrogens (tertiary/aromatic N) is 6. The monoisotopic (exact) mass is 556 g/mol. The van der Waals surface area contributed by atoms with Gasteiger partial charge in [-0.1, -0.05) is 49.7 Å². The molecule has 1 aliphatic rings. The van der Waals surface area contributed by atoms with E-state index < -0.39 is 18.3 Å². The van der Waals surface area contributed by atoms with Crippen molar-refractivity contribution >= 4 is 33.9 Å². The first-order valence-corrected chi connectivity index (χ1v) is 13.5. The molecule has 40 heavy (non-hydrogen) atoms. The number of hydrogen-bond donors (Lipinski definition) is 2. The highest BCUT2D eigenvalue weighted by molar-refractivity contribution is 6.32. The first kappa shape index (κ1) is 27.4. The molecular weight excluding hydrogens is 527 g/mol. The summed E-state index contributed by atoms with van der Waals surface area (Å²) in [7, 11) is 0. The standard InChI is InChI=1S/C30H30ClFN8/c1-18-19(12-33)6-5-7-22(18)28(25-15-40(39-38-25)30(16-32)8-9-30)37-24-11-21(31)10-23-26(36-17-29(2,3)4)20(13-34)14-35-27(23)24/h5-7,10-11,14-15,28,37H,8-9,16-17H2,1-4H3,(H,35,36)/t28-/m0/s1. The number of pyridine rings is 1. The second-order valence-corrected chi connectivity index (χ2v) is 12.0. The van der Waals surface area contributed by atoms with Crippen LogP contribution < -0.4 is 10.6 Å². The van der Waals surface area contributed by atoms with Crippen molar-refractivity contribution < 1.29 is 4.39 Å². The van der Waals surface area contributed by atoms with E-state index in [-0.39, 0.29) is 5.41 Å². The van der Waals surface area contributed by atoms with Gasteiger partial charge in [-0.15, -0.1) is 5.10 Å². The summed E-state index contributed by atoms with van der Waals surface area (Å²) in [6, 6.07) is 13.0. The lowest BCUT2D eigenvalue weighted by molar-refractivity contribution is 0.309. The maximum Gasteiger partial charge on any atom is 0.115 e. The summed E-state index contributed by atoms with van der Waals surface area (Å²) < 4.78 is 15.4. The Kier molecular flexibility index (Phi) is 7.12. The molecule has 5 rings (SSSR count). The van der Waals surface area contributed by atoms with Gasteiger partial charge in [0.05, 0.1) is 51.9 Å². The Morgan fingerprint density at radius 3 is 2.58 bits per heavy atom. The van der Waals surface area contributed by atoms with E-state index >= 15 is 0 Å². The summed E-state index contributed by atoms with van der Waals surface area (Å²) in [5.74, 6) is 0. The minimum Gasteiger partial charge on any atom is -0.383 e. The first-order chi connectivity index (χ1) is 19.1. The van der Waals surface area contributed by atoms with Crippen LogP contribution in [0.4, 0.5) is 15.8 Å². The fourth-order valence-electron chi connectivity index (χ4n) is 4.77. The van der Waals surface area contributed by atoms with Gasteiger partial charge in [0, 0.05) is 23.2 Å². The van der Waals surface area contributed by atoms with Crippen LogP contribution in [0.3, 0.4) is 0 Å². The fourth-order valence-corrected chi connectivity index (χ4v) is 4.99. The molecule has 10 heteroatoms. The molecule has 1 saturated carbocycles. The molecule has 2 aromatic heterocycles. The Hall–Kier alpha value is -4.21. The Labute approximate surface area is 237 Å². The Morgan fingerprint density at radius 1 is 1.18 bits per heavy atom. The normalized spacial score (nSPS) is 14.8. The minimum atomic E-state index is -0.634. The number of nitrogens with one attached hydrogen (secondary N) is 2. The zero-order valence-electron chi connectivity index (χ0n) is 22.9. The lowest BCUT2D eigenvalue weighted by Gasteiger charge is -2.23. The fraction of sp³-hybridized carbons (Fsp3) is 0.367. The molecule has 0 amide bonds. The van der Waals surface area contributed by atoms with E-state index in [1.165, 1.54) is 0 Å². The molecule has 1 aliphatic carbocycles. The number of anilines is 2. The smallest absolute Gasteiger partial charge is 0.115 e. The lowest BCUT2D eigenvalue weighted by atomic mass is 9.95. The second kappa shape index (κ2) is 10.4. The van der Waals surface area contributed by atoms with Crippen molar-refractivity contribution in [1.29, 1.82) is 10.5 Å². The zero-order valence-corrected chi connectivity index (χ0v) is 23.6. The lowest BCUT2D eigenvalue weighted by Crippen LogP contribution is -2.20. The summed E-state index contributed by atoms with van der Waals surface area (Å²) in [5.41, 5.74) is 4.40. The molecule has 4 aromatic rings. The molecule has 1 atom stereocenters. The van der Waals surface area contributed by atoms with Gasteiger partial charge in [-0.05, 0) is 54.5 Å². The molecule has 1 fully saturated rings. The average Bonchev–Trinajstić information content (AvgIpc) is 3.57. The molecule has 0 unspecified atom stereocenters. The quantitative estimate of drug-likeness (QED) is 0.249. The summed E-state index contributed by atoms with van der Waals surface area (Å²) >= 11 is 6.63. The number of aromatic nitrogens is 4. The number of benzene rings is 2. The summed E-state index contributed by atoms with van der Waals surface area (Å²) in [5, 5.41) is 36.4. The summed E-state index contributed by atoms with van der Waals surface area (Å²) in [4.78, 5) is 4.64. The van der Waals surface area contributed by atoms with E-state index in [4.69, 9.17) is 11.6 Å². The minimum absolute atomic E-state index is 0.0271. The van der Waals surface area contributed by atoms with E-state index in [2.05, 4.69) is 58.8 Å². The van der Waals surface area contributed by atoms with Crippen LogP contribution in [0.2, 0.25) is 5.02 Å². The van der Waals surface area contributed by atoms with E-state index in [1.54, 1.807) is 35.3 Å². The van der Waals surface area contributed by atoms with Gasteiger partial charge in [0.1, 0.15) is 18.4 Å². The van der Waals surface area contributed by atoms with Gasteiger partial charge < -0.3 is 10.6 Å². The first-order valence-electron chi connectivity index (χ1n) is 13.1. The zero-order chi connectivity index (χ0) is 28.7. The van der Waals surface area contributed by atoms with Crippen molar-refractivity contribution in [3.63, 3.8) is 0 Å². The van der Waals surface area contributed by atoms with E-state index in [0.29, 0.717) is 63.5 Å². The molecule has 0 saturated heterocycles. The second-order valence-electron chi connectivity index (χ2n) is 11.6. The van der Waals surface area contributed by atoms with Crippen LogP contribution >= 0.6 is 11.6 Å². The molecule has 8 nitrogen and oxygen atoms in total. The summed E-state index contributed by atoms with van der Waals surface area (Å²) in [6.45, 7) is 8.35. The highest BCUT2D eigenvalue weighted by atomic mass is 35.5. The SMILES string of the molecule is Cc1c(C#N)cccc1[C@H](Nc1cc(Cl)cc2c(NCC(C)(C)C)c(C#N)cnc12)c1cn(C2(CF)CC2)nn1. The van der Waals surface area contributed by atoms with Crippen molar-refractivity contribution in [1.82, 2.24) is 20.0 Å². The van der Waals surface area contributed by atoms with Crippen LogP contribution in [-0.2, 0) is 5.54 Å². The van der Waals surface area contributed by atoms with E-state index in [9.17, 15) is 14.9 Å². The third-order valence-electron chi connectivity index (χ3n) is 7.33. The Morgan fingerprint density at radius 2 is 1.93 bits per heavy atom. The number of halogens is 2. The van der Waals surface area contributed by atoms with Gasteiger partial charge >= 0.3 is 0 Å². The highest BCUT2D eigenvalue weighted by Gasteiger charge is 2.46. The van der Waals surface area contributed by atoms with Crippen molar-refractivity contribution in [3.05, 3.63) is 75.7 Å². The highest BCUT2D eigenvalue weighted by Crippen LogP contribution is 2.44. The molecule has 2 aromatic carbocycles. The third kappa shape index (κ3) is 5.17. The topological polar surface area (TPSA) is 115 Å². The number of nitriles is 2. The van der Waals surface area contributed by atoms with Crippen molar-refractivity contribution in [2.24, 2.45) is 5.41 Å². The maximum absolute atomic E-state index is 13.8. The number of alkyl halides is 1. The Bertz CT molecular complexity index is 1670. The van der Waals surface area contributed by atoms with Gasteiger partial charge in [0.2, 0.25) is 0 Å². The van der Waals surface area contributed by atoms with E-state index in [1.807, 2.05) is 19.1 Å². The Balaban J connectivity index is 1.65. The maximum atomic E-state index is 13.8. The van der Waals surface area contributed by atoms with E-state index in [0.717, 1.165) is 11.1 Å². The van der Waals surface area contributed by atoms with Crippen LogP contribution in [0.5, 0.6) is 0 Å². The van der Waals surface area contributed by atoms with Crippen molar-refractivity contribution in [2.75, 3.05) is 23.9 Å². The number of fused-ring (bicyclic) bond motifs is 1. The van der Waals surface area contributed by atoms with Gasteiger partial charge in [-0.2, -0.15) is 10.5 Å². The largest absolute Gasteiger partial charge is 0.383 e. The number of hydrogen-bond acceptors (Lipinski definition) is 7. The van der Waals surface area contributed by atoms with Gasteiger partial charge in [-0.25, -0.2) is 9.07 Å². The van der Waals surface area contributed by atoms with Crippen LogP contribution in [-0.4, -0.2) is 33.2 Å². The molecule has 0 radical (unpaired) electrons. The predicted molar refractivity (Wildman–Crippen MR) is 154 cm³/mol. The average molecular weight is 557 g/mol. The van der Waals surface area contributed by atoms with Crippen LogP contribution in [0.1, 0.15) is 67.6 Å². The third-order valence-corrected chi connectivity index (χ3v) is 7.55. The predicted octanol–water partition coefficient (Wildman–Crippen LogP) is 6.65. The van der Waals surface area contributed by atoms with Gasteiger partial charge in [-0.3, -0.25) is 4.98 Å². The van der Waals surface area contributed by atoms with Gasteiger partial charge in [0.15, 0.2) is 0 Å². The van der Waals surface area contributed by atoms with Crippen molar-refractivity contribution in [3.8, 4) is 12.1 Å². The molecule has 204 valence electrons. The molecule has 2 heterocycles. The van der Waals surface area contributed by atoms with Crippen molar-refractivity contribution in [2.45, 2.75) is 52.1 Å². The van der Waals surface area contributed by atoms with Crippen LogP contribution in [0.25, 0.3) is 10.9 Å². The van der Waals surface area contributed by atoms with Gasteiger partial charge in [0.25, 0.3) is 0 Å². The number of rotatable bonds is 8. The molecule has 0 spiro atoms.